The van der Waals surface area contributed by atoms with Crippen molar-refractivity contribution in [3.63, 3.8) is 0 Å². The summed E-state index contributed by atoms with van der Waals surface area (Å²) < 4.78 is 47.0. The highest BCUT2D eigenvalue weighted by Crippen LogP contribution is 2.38. The van der Waals surface area contributed by atoms with Crippen LogP contribution in [0.2, 0.25) is 5.02 Å². The van der Waals surface area contributed by atoms with Crippen LogP contribution in [0.5, 0.6) is 5.75 Å². The van der Waals surface area contributed by atoms with Crippen molar-refractivity contribution in [1.29, 1.82) is 0 Å². The highest BCUT2D eigenvalue weighted by atomic mass is 35.5. The summed E-state index contributed by atoms with van der Waals surface area (Å²) >= 11 is 6.09. The molecule has 7 rings (SSSR count). The van der Waals surface area contributed by atoms with Crippen molar-refractivity contribution in [2.24, 2.45) is 0 Å². The minimum atomic E-state index is -4.03. The van der Waals surface area contributed by atoms with Crippen molar-refractivity contribution in [2.45, 2.75) is 37.4 Å². The maximum atomic E-state index is 13.9. The fraction of sp³-hybridized carbons (Fsp3) is 0.238. The molecule has 3 heterocycles. The summed E-state index contributed by atoms with van der Waals surface area (Å²) in [5.41, 5.74) is 3.11. The number of nitrogens with one attached hydrogen (secondary N) is 1. The number of halogens is 1. The quantitative estimate of drug-likeness (QED) is 0.132. The zero-order valence-corrected chi connectivity index (χ0v) is 33.2. The van der Waals surface area contributed by atoms with Crippen LogP contribution < -0.4 is 15.0 Å². The predicted octanol–water partition coefficient (Wildman–Crippen LogP) is 6.12. The number of carbonyl (C=O) groups is 4. The number of hydrogen-bond acceptors (Lipinski definition) is 10. The molecule has 2 N–H and O–H groups in total. The summed E-state index contributed by atoms with van der Waals surface area (Å²) in [6, 6.07) is 22.5. The number of allylic oxidation sites excluding steroid dienone is 1. The van der Waals surface area contributed by atoms with Gasteiger partial charge in [0.1, 0.15) is 5.75 Å². The Balaban J connectivity index is 1.13. The summed E-state index contributed by atoms with van der Waals surface area (Å²) in [5.74, 6) is -1.90. The molecule has 0 saturated heterocycles. The van der Waals surface area contributed by atoms with Gasteiger partial charge in [0.25, 0.3) is 17.7 Å². The first-order chi connectivity index (χ1) is 27.8. The number of para-hydroxylation sites is 1. The minimum Gasteiger partial charge on any atom is -0.497 e. The summed E-state index contributed by atoms with van der Waals surface area (Å²) in [6.07, 6.45) is 2.57. The van der Waals surface area contributed by atoms with Crippen molar-refractivity contribution in [3.05, 3.63) is 130 Å². The number of sulfonamides is 1. The van der Waals surface area contributed by atoms with Gasteiger partial charge in [0.2, 0.25) is 22.2 Å². The molecule has 58 heavy (non-hydrogen) atoms. The average molecular weight is 827 g/mol. The molecular weight excluding hydrogens is 788 g/mol. The number of anilines is 2. The summed E-state index contributed by atoms with van der Waals surface area (Å²) in [5, 5.41) is 13.7. The molecule has 2 aliphatic heterocycles. The molecule has 2 aliphatic rings. The third-order valence-electron chi connectivity index (χ3n) is 10.00. The Morgan fingerprint density at radius 3 is 2.43 bits per heavy atom. The van der Waals surface area contributed by atoms with Crippen LogP contribution in [0.4, 0.5) is 11.4 Å². The van der Waals surface area contributed by atoms with E-state index >= 15 is 0 Å². The van der Waals surface area contributed by atoms with Crippen molar-refractivity contribution in [1.82, 2.24) is 8.87 Å². The molecule has 5 aromatic rings. The molecule has 0 fully saturated rings. The molecule has 2 atom stereocenters. The van der Waals surface area contributed by atoms with Gasteiger partial charge in [0.05, 0.1) is 47.6 Å². The zero-order chi connectivity index (χ0) is 41.3. The maximum Gasteiger partial charge on any atom is 0.290 e. The largest absolute Gasteiger partial charge is 0.497 e. The Labute approximate surface area is 339 Å². The third kappa shape index (κ3) is 7.86. The molecule has 14 nitrogen and oxygen atoms in total. The van der Waals surface area contributed by atoms with E-state index in [0.29, 0.717) is 33.2 Å². The standard InChI is InChI=1S/C42H39ClN4O10S/c1-25-20-29(9-15-36(25)47-41(51)33-14-8-28(43)23-34(33)42(47)52)44-40(50)38-21-27(35-24-46(26(2)49)37-7-5-4-6-32(35)37)22-39(57-38)56-19-17-45(16-18-48)58(53,54)31-12-10-30(55-3)11-13-31/h4-15,20-21,23-24,27,39,48H,16-19,22H2,1-3H3,(H,44,50). The van der Waals surface area contributed by atoms with Gasteiger partial charge in [-0.3, -0.25) is 23.7 Å². The average Bonchev–Trinajstić information content (AvgIpc) is 3.72. The lowest BCUT2D eigenvalue weighted by molar-refractivity contribution is -0.143. The molecule has 3 amide bonds. The van der Waals surface area contributed by atoms with Gasteiger partial charge in [-0.05, 0) is 90.9 Å². The van der Waals surface area contributed by atoms with Gasteiger partial charge in [0.15, 0.2) is 5.76 Å². The second-order valence-electron chi connectivity index (χ2n) is 13.7. The number of aryl methyl sites for hydroxylation is 1. The number of rotatable bonds is 13. The van der Waals surface area contributed by atoms with Gasteiger partial charge in [-0.25, -0.2) is 13.3 Å². The number of carbonyl (C=O) groups excluding carboxylic acids is 4. The lowest BCUT2D eigenvalue weighted by Gasteiger charge is -2.30. The van der Waals surface area contributed by atoms with E-state index < -0.39 is 46.6 Å². The van der Waals surface area contributed by atoms with Gasteiger partial charge in [0, 0.05) is 54.6 Å². The van der Waals surface area contributed by atoms with Crippen LogP contribution in [0.1, 0.15) is 55.9 Å². The number of hydrogen-bond donors (Lipinski definition) is 2. The number of imide groups is 1. The summed E-state index contributed by atoms with van der Waals surface area (Å²) in [7, 11) is -2.55. The molecule has 0 bridgehead atoms. The number of aromatic nitrogens is 1. The van der Waals surface area contributed by atoms with Gasteiger partial charge >= 0.3 is 0 Å². The number of methoxy groups -OCH3 is 1. The van der Waals surface area contributed by atoms with E-state index in [1.54, 1.807) is 43.5 Å². The van der Waals surface area contributed by atoms with E-state index in [2.05, 4.69) is 5.32 Å². The molecular formula is C42H39ClN4O10S. The van der Waals surface area contributed by atoms with Gasteiger partial charge < -0.3 is 24.6 Å². The fourth-order valence-electron chi connectivity index (χ4n) is 7.15. The Morgan fingerprint density at radius 1 is 0.983 bits per heavy atom. The van der Waals surface area contributed by atoms with Crippen LogP contribution >= 0.6 is 11.6 Å². The molecule has 2 unspecified atom stereocenters. The first kappa shape index (κ1) is 40.4. The summed E-state index contributed by atoms with van der Waals surface area (Å²) in [6.45, 7) is 2.25. The third-order valence-corrected chi connectivity index (χ3v) is 12.1. The second-order valence-corrected chi connectivity index (χ2v) is 16.1. The highest BCUT2D eigenvalue weighted by Gasteiger charge is 2.38. The Kier molecular flexibility index (Phi) is 11.5. The number of aliphatic hydroxyl groups is 1. The monoisotopic (exact) mass is 826 g/mol. The van der Waals surface area contributed by atoms with Crippen LogP contribution in [0.25, 0.3) is 10.9 Å². The molecule has 4 aromatic carbocycles. The molecule has 16 heteroatoms. The SMILES string of the molecule is COc1ccc(S(=O)(=O)N(CCO)CCOC2CC(c3cn(C(C)=O)c4ccccc34)C=C(C(=O)Nc3ccc(N4C(=O)c5ccc(Cl)cc5C4=O)c(C)c3)O2)cc1. The Morgan fingerprint density at radius 2 is 1.72 bits per heavy atom. The number of fused-ring (bicyclic) bond motifs is 2. The van der Waals surface area contributed by atoms with Crippen molar-refractivity contribution < 1.29 is 46.9 Å². The van der Waals surface area contributed by atoms with Crippen molar-refractivity contribution in [3.8, 4) is 5.75 Å². The normalized spacial score (nSPS) is 16.7. The second kappa shape index (κ2) is 16.6. The molecule has 1 aromatic heterocycles. The van der Waals surface area contributed by atoms with E-state index in [4.69, 9.17) is 25.8 Å². The molecule has 0 spiro atoms. The van der Waals surface area contributed by atoms with Crippen LogP contribution in [0, 0.1) is 6.92 Å². The van der Waals surface area contributed by atoms with E-state index in [-0.39, 0.29) is 53.8 Å². The van der Waals surface area contributed by atoms with Crippen molar-refractivity contribution >= 4 is 67.5 Å². The van der Waals surface area contributed by atoms with E-state index in [1.165, 1.54) is 55.0 Å². The number of amides is 3. The smallest absolute Gasteiger partial charge is 0.290 e. The predicted molar refractivity (Wildman–Crippen MR) is 216 cm³/mol. The van der Waals surface area contributed by atoms with Crippen LogP contribution in [-0.4, -0.2) is 85.7 Å². The van der Waals surface area contributed by atoms with Crippen LogP contribution in [0.3, 0.4) is 0 Å². The topological polar surface area (TPSA) is 174 Å². The first-order valence-electron chi connectivity index (χ1n) is 18.3. The molecule has 0 radical (unpaired) electrons. The fourth-order valence-corrected chi connectivity index (χ4v) is 8.74. The van der Waals surface area contributed by atoms with Gasteiger partial charge in [-0.15, -0.1) is 0 Å². The lowest BCUT2D eigenvalue weighted by atomic mass is 9.92. The highest BCUT2D eigenvalue weighted by molar-refractivity contribution is 7.89. The number of nitrogens with zero attached hydrogens (tertiary/aromatic N) is 3. The van der Waals surface area contributed by atoms with Crippen LogP contribution in [0.15, 0.2) is 108 Å². The number of ether oxygens (including phenoxy) is 3. The summed E-state index contributed by atoms with van der Waals surface area (Å²) in [4.78, 5) is 54.1. The number of aliphatic hydroxyl groups excluding tert-OH is 1. The minimum absolute atomic E-state index is 0.0105. The van der Waals surface area contributed by atoms with E-state index in [0.717, 1.165) is 20.2 Å². The van der Waals surface area contributed by atoms with Crippen LogP contribution in [-0.2, 0) is 24.3 Å². The van der Waals surface area contributed by atoms with Crippen molar-refractivity contribution in [2.75, 3.05) is 43.6 Å². The molecule has 0 saturated carbocycles. The Hall–Kier alpha value is -5.84. The molecule has 0 aliphatic carbocycles. The first-order valence-corrected chi connectivity index (χ1v) is 20.1. The van der Waals surface area contributed by atoms with E-state index in [9.17, 15) is 32.7 Å². The van der Waals surface area contributed by atoms with E-state index in [1.807, 2.05) is 24.3 Å². The Bertz CT molecular complexity index is 2590. The van der Waals surface area contributed by atoms with Gasteiger partial charge in [-0.2, -0.15) is 4.31 Å². The number of benzene rings is 4. The maximum absolute atomic E-state index is 13.9. The lowest BCUT2D eigenvalue weighted by Crippen LogP contribution is -2.37. The molecule has 300 valence electrons. The van der Waals surface area contributed by atoms with Gasteiger partial charge in [-0.1, -0.05) is 29.8 Å². The zero-order valence-electron chi connectivity index (χ0n) is 31.7.